The molecule has 2 N–H and O–H groups in total. The van der Waals surface area contributed by atoms with Crippen LogP contribution in [0.4, 0.5) is 5.82 Å². The number of carbonyl (C=O) groups is 1. The van der Waals surface area contributed by atoms with Gasteiger partial charge in [-0.3, -0.25) is 4.98 Å². The Kier molecular flexibility index (Phi) is 3.70. The second-order valence-electron chi connectivity index (χ2n) is 4.01. The van der Waals surface area contributed by atoms with Crippen molar-refractivity contribution in [1.29, 1.82) is 0 Å². The Hall–Kier alpha value is -2.50. The molecule has 0 fully saturated rings. The van der Waals surface area contributed by atoms with Crippen LogP contribution in [-0.2, 0) is 11.2 Å². The summed E-state index contributed by atoms with van der Waals surface area (Å²) in [5.41, 5.74) is 7.56. The van der Waals surface area contributed by atoms with Crippen molar-refractivity contribution in [1.82, 2.24) is 15.0 Å². The highest BCUT2D eigenvalue weighted by Gasteiger charge is 2.17. The van der Waals surface area contributed by atoms with Crippen LogP contribution in [0.5, 0.6) is 0 Å². The number of aromatic nitrogens is 3. The van der Waals surface area contributed by atoms with Crippen LogP contribution in [0, 0.1) is 6.92 Å². The summed E-state index contributed by atoms with van der Waals surface area (Å²) >= 11 is 0. The molecule has 0 saturated carbocycles. The lowest BCUT2D eigenvalue weighted by Gasteiger charge is -2.08. The second kappa shape index (κ2) is 5.43. The number of nitrogens with two attached hydrogens (primary N) is 1. The largest absolute Gasteiger partial charge is 0.465 e. The normalized spacial score (nSPS) is 10.2. The SMILES string of the molecule is COC(=O)c1c(C)nc(Cc2ccncc2)nc1N. The summed E-state index contributed by atoms with van der Waals surface area (Å²) < 4.78 is 4.65. The van der Waals surface area contributed by atoms with Crippen molar-refractivity contribution in [2.75, 3.05) is 12.8 Å². The Morgan fingerprint density at radius 2 is 2.00 bits per heavy atom. The summed E-state index contributed by atoms with van der Waals surface area (Å²) in [4.78, 5) is 23.9. The van der Waals surface area contributed by atoms with Crippen LogP contribution >= 0.6 is 0 Å². The van der Waals surface area contributed by atoms with Gasteiger partial charge in [0.25, 0.3) is 0 Å². The van der Waals surface area contributed by atoms with Gasteiger partial charge in [-0.15, -0.1) is 0 Å². The van der Waals surface area contributed by atoms with Gasteiger partial charge >= 0.3 is 5.97 Å². The summed E-state index contributed by atoms with van der Waals surface area (Å²) in [5, 5.41) is 0. The van der Waals surface area contributed by atoms with Crippen molar-refractivity contribution >= 4 is 11.8 Å². The van der Waals surface area contributed by atoms with Gasteiger partial charge in [0.2, 0.25) is 0 Å². The average molecular weight is 258 g/mol. The van der Waals surface area contributed by atoms with Gasteiger partial charge in [-0.1, -0.05) is 0 Å². The molecule has 6 heteroatoms. The van der Waals surface area contributed by atoms with E-state index in [-0.39, 0.29) is 11.4 Å². The molecule has 0 aliphatic rings. The van der Waals surface area contributed by atoms with Crippen LogP contribution in [0.3, 0.4) is 0 Å². The summed E-state index contributed by atoms with van der Waals surface area (Å²) in [6.45, 7) is 1.71. The van der Waals surface area contributed by atoms with E-state index in [0.29, 0.717) is 17.9 Å². The Labute approximate surface area is 110 Å². The number of esters is 1. The third kappa shape index (κ3) is 2.85. The zero-order chi connectivity index (χ0) is 13.8. The summed E-state index contributed by atoms with van der Waals surface area (Å²) in [7, 11) is 1.30. The molecule has 0 unspecified atom stereocenters. The van der Waals surface area contributed by atoms with Crippen molar-refractivity contribution in [2.45, 2.75) is 13.3 Å². The highest BCUT2D eigenvalue weighted by Crippen LogP contribution is 2.15. The number of aryl methyl sites for hydroxylation is 1. The van der Waals surface area contributed by atoms with E-state index in [4.69, 9.17) is 5.73 Å². The standard InChI is InChI=1S/C13H14N4O2/c1-8-11(13(18)19-2)12(14)17-10(16-8)7-9-3-5-15-6-4-9/h3-6H,7H2,1-2H3,(H2,14,16,17). The number of anilines is 1. The molecule has 0 aromatic carbocycles. The third-order valence-electron chi connectivity index (χ3n) is 2.67. The van der Waals surface area contributed by atoms with Crippen LogP contribution in [-0.4, -0.2) is 28.0 Å². The van der Waals surface area contributed by atoms with E-state index in [1.807, 2.05) is 12.1 Å². The number of carbonyl (C=O) groups excluding carboxylic acids is 1. The van der Waals surface area contributed by atoms with E-state index < -0.39 is 5.97 Å². The topological polar surface area (TPSA) is 91.0 Å². The average Bonchev–Trinajstić information content (AvgIpc) is 2.38. The van der Waals surface area contributed by atoms with E-state index in [1.165, 1.54) is 7.11 Å². The first-order valence-electron chi connectivity index (χ1n) is 5.72. The quantitative estimate of drug-likeness (QED) is 0.830. The molecule has 0 aliphatic heterocycles. The van der Waals surface area contributed by atoms with Gasteiger partial charge in [-0.05, 0) is 24.6 Å². The molecule has 2 aromatic heterocycles. The highest BCUT2D eigenvalue weighted by atomic mass is 16.5. The van der Waals surface area contributed by atoms with E-state index in [2.05, 4.69) is 19.7 Å². The van der Waals surface area contributed by atoms with E-state index in [1.54, 1.807) is 19.3 Å². The lowest BCUT2D eigenvalue weighted by atomic mass is 10.1. The highest BCUT2D eigenvalue weighted by molar-refractivity contribution is 5.95. The van der Waals surface area contributed by atoms with E-state index >= 15 is 0 Å². The number of rotatable bonds is 3. The molecule has 98 valence electrons. The Balaban J connectivity index is 2.33. The molecule has 0 aliphatic carbocycles. The molecule has 0 saturated heterocycles. The van der Waals surface area contributed by atoms with Crippen LogP contribution in [0.25, 0.3) is 0 Å². The van der Waals surface area contributed by atoms with Crippen molar-refractivity contribution in [2.24, 2.45) is 0 Å². The molecule has 2 heterocycles. The van der Waals surface area contributed by atoms with Gasteiger partial charge in [0.15, 0.2) is 0 Å². The minimum atomic E-state index is -0.523. The zero-order valence-electron chi connectivity index (χ0n) is 10.8. The number of methoxy groups -OCH3 is 1. The minimum absolute atomic E-state index is 0.142. The Morgan fingerprint density at radius 3 is 2.58 bits per heavy atom. The van der Waals surface area contributed by atoms with Gasteiger partial charge < -0.3 is 10.5 Å². The Morgan fingerprint density at radius 1 is 1.32 bits per heavy atom. The molecule has 2 aromatic rings. The van der Waals surface area contributed by atoms with Crippen molar-refractivity contribution in [3.63, 3.8) is 0 Å². The molecule has 0 atom stereocenters. The molecule has 0 bridgehead atoms. The van der Waals surface area contributed by atoms with Gasteiger partial charge in [0.1, 0.15) is 17.2 Å². The molecular formula is C13H14N4O2. The molecule has 0 spiro atoms. The van der Waals surface area contributed by atoms with Crippen molar-refractivity contribution in [3.05, 3.63) is 47.2 Å². The van der Waals surface area contributed by atoms with Gasteiger partial charge in [-0.25, -0.2) is 14.8 Å². The molecule has 6 nitrogen and oxygen atoms in total. The third-order valence-corrected chi connectivity index (χ3v) is 2.67. The molecule has 0 amide bonds. The maximum atomic E-state index is 11.5. The minimum Gasteiger partial charge on any atom is -0.465 e. The van der Waals surface area contributed by atoms with Crippen LogP contribution in [0.15, 0.2) is 24.5 Å². The number of nitrogens with zero attached hydrogens (tertiary/aromatic N) is 3. The summed E-state index contributed by atoms with van der Waals surface area (Å²) in [6, 6.07) is 3.76. The smallest absolute Gasteiger partial charge is 0.343 e. The first-order chi connectivity index (χ1) is 9.11. The van der Waals surface area contributed by atoms with Gasteiger partial charge in [0.05, 0.1) is 12.8 Å². The van der Waals surface area contributed by atoms with Crippen molar-refractivity contribution in [3.8, 4) is 0 Å². The van der Waals surface area contributed by atoms with E-state index in [9.17, 15) is 4.79 Å². The fourth-order valence-corrected chi connectivity index (χ4v) is 1.77. The predicted octanol–water partition coefficient (Wildman–Crippen LogP) is 1.14. The number of hydrogen-bond acceptors (Lipinski definition) is 6. The monoisotopic (exact) mass is 258 g/mol. The fraction of sp³-hybridized carbons (Fsp3) is 0.231. The molecule has 19 heavy (non-hydrogen) atoms. The second-order valence-corrected chi connectivity index (χ2v) is 4.01. The van der Waals surface area contributed by atoms with Crippen LogP contribution < -0.4 is 5.73 Å². The number of pyridine rings is 1. The van der Waals surface area contributed by atoms with Crippen LogP contribution in [0.2, 0.25) is 0 Å². The van der Waals surface area contributed by atoms with Crippen LogP contribution in [0.1, 0.15) is 27.4 Å². The number of nitrogen functional groups attached to an aromatic ring is 1. The van der Waals surface area contributed by atoms with Gasteiger partial charge in [0, 0.05) is 18.8 Å². The summed E-state index contributed by atoms with van der Waals surface area (Å²) in [5.74, 6) is 0.183. The first-order valence-corrected chi connectivity index (χ1v) is 5.72. The number of hydrogen-bond donors (Lipinski definition) is 1. The number of ether oxygens (including phenoxy) is 1. The zero-order valence-corrected chi connectivity index (χ0v) is 10.8. The first kappa shape index (κ1) is 12.9. The maximum absolute atomic E-state index is 11.5. The maximum Gasteiger partial charge on any atom is 0.343 e. The lowest BCUT2D eigenvalue weighted by Crippen LogP contribution is -2.13. The summed E-state index contributed by atoms with van der Waals surface area (Å²) in [6.07, 6.45) is 3.94. The van der Waals surface area contributed by atoms with Crippen molar-refractivity contribution < 1.29 is 9.53 Å². The fourth-order valence-electron chi connectivity index (χ4n) is 1.77. The predicted molar refractivity (Wildman–Crippen MR) is 69.6 cm³/mol. The molecule has 2 rings (SSSR count). The van der Waals surface area contributed by atoms with E-state index in [0.717, 1.165) is 5.56 Å². The lowest BCUT2D eigenvalue weighted by molar-refractivity contribution is 0.0600. The Bertz CT molecular complexity index is 576. The van der Waals surface area contributed by atoms with Gasteiger partial charge in [-0.2, -0.15) is 0 Å². The molecule has 0 radical (unpaired) electrons. The molecular weight excluding hydrogens is 244 g/mol.